The highest BCUT2D eigenvalue weighted by Gasteiger charge is 2.36. The number of hydrogen-bond donors (Lipinski definition) is 1. The Hall–Kier alpha value is 0.270. The summed E-state index contributed by atoms with van der Waals surface area (Å²) in [7, 11) is 0. The Kier molecular flexibility index (Phi) is 4.20. The Balaban J connectivity index is 1.88. The van der Waals surface area contributed by atoms with Crippen LogP contribution in [0.4, 0.5) is 0 Å². The van der Waals surface area contributed by atoms with Crippen LogP contribution in [-0.4, -0.2) is 42.1 Å². The van der Waals surface area contributed by atoms with Crippen molar-refractivity contribution >= 4 is 11.8 Å². The van der Waals surface area contributed by atoms with Crippen LogP contribution in [0.15, 0.2) is 0 Å². The van der Waals surface area contributed by atoms with E-state index in [1.54, 1.807) is 0 Å². The number of hydrogen-bond acceptors (Lipinski definition) is 3. The van der Waals surface area contributed by atoms with Crippen molar-refractivity contribution in [2.75, 3.05) is 31.1 Å². The summed E-state index contributed by atoms with van der Waals surface area (Å²) in [5, 5.41) is 0. The molecule has 1 aliphatic carbocycles. The van der Waals surface area contributed by atoms with Crippen molar-refractivity contribution in [3.8, 4) is 0 Å². The van der Waals surface area contributed by atoms with E-state index in [1.165, 1.54) is 50.4 Å². The van der Waals surface area contributed by atoms with Crippen LogP contribution >= 0.6 is 11.8 Å². The summed E-state index contributed by atoms with van der Waals surface area (Å²) in [6.45, 7) is 8.47. The second-order valence-corrected chi connectivity index (χ2v) is 7.30. The van der Waals surface area contributed by atoms with E-state index in [-0.39, 0.29) is 0 Å². The monoisotopic (exact) mass is 242 g/mol. The third kappa shape index (κ3) is 2.93. The van der Waals surface area contributed by atoms with Gasteiger partial charge in [0.2, 0.25) is 0 Å². The SMILES string of the molecule is CC1(C)CCCC(CN2CCSCC2)C1N. The molecular formula is C13H26N2S. The molecule has 3 heteroatoms. The molecule has 0 bridgehead atoms. The summed E-state index contributed by atoms with van der Waals surface area (Å²) in [6.07, 6.45) is 4.02. The van der Waals surface area contributed by atoms with Crippen LogP contribution in [0.3, 0.4) is 0 Å². The molecule has 16 heavy (non-hydrogen) atoms. The quantitative estimate of drug-likeness (QED) is 0.805. The van der Waals surface area contributed by atoms with Crippen LogP contribution in [0.5, 0.6) is 0 Å². The van der Waals surface area contributed by atoms with Crippen LogP contribution in [0.2, 0.25) is 0 Å². The van der Waals surface area contributed by atoms with Gasteiger partial charge in [0.25, 0.3) is 0 Å². The maximum absolute atomic E-state index is 6.44. The Morgan fingerprint density at radius 1 is 1.31 bits per heavy atom. The maximum Gasteiger partial charge on any atom is 0.0131 e. The van der Waals surface area contributed by atoms with E-state index in [1.807, 2.05) is 0 Å². The van der Waals surface area contributed by atoms with E-state index in [4.69, 9.17) is 5.73 Å². The lowest BCUT2D eigenvalue weighted by molar-refractivity contribution is 0.106. The van der Waals surface area contributed by atoms with E-state index in [9.17, 15) is 0 Å². The van der Waals surface area contributed by atoms with Crippen molar-refractivity contribution in [3.05, 3.63) is 0 Å². The van der Waals surface area contributed by atoms with Gasteiger partial charge < -0.3 is 10.6 Å². The van der Waals surface area contributed by atoms with Crippen molar-refractivity contribution in [1.29, 1.82) is 0 Å². The number of rotatable bonds is 2. The van der Waals surface area contributed by atoms with Gasteiger partial charge in [-0.1, -0.05) is 20.3 Å². The standard InChI is InChI=1S/C13H26N2S/c1-13(2)5-3-4-11(12(13)14)10-15-6-8-16-9-7-15/h11-12H,3-10,14H2,1-2H3. The topological polar surface area (TPSA) is 29.3 Å². The Morgan fingerprint density at radius 2 is 2.00 bits per heavy atom. The molecular weight excluding hydrogens is 216 g/mol. The fourth-order valence-corrected chi connectivity index (χ4v) is 4.10. The first-order chi connectivity index (χ1) is 7.59. The van der Waals surface area contributed by atoms with Gasteiger partial charge in [-0.05, 0) is 24.2 Å². The zero-order chi connectivity index (χ0) is 11.6. The highest BCUT2D eigenvalue weighted by Crippen LogP contribution is 2.38. The van der Waals surface area contributed by atoms with E-state index < -0.39 is 0 Å². The lowest BCUT2D eigenvalue weighted by Gasteiger charge is -2.44. The molecule has 0 aromatic carbocycles. The second kappa shape index (κ2) is 5.28. The first-order valence-corrected chi connectivity index (χ1v) is 7.81. The predicted octanol–water partition coefficient (Wildman–Crippen LogP) is 2.19. The summed E-state index contributed by atoms with van der Waals surface area (Å²) in [4.78, 5) is 2.63. The molecule has 2 unspecified atom stereocenters. The van der Waals surface area contributed by atoms with E-state index in [2.05, 4.69) is 30.5 Å². The fraction of sp³-hybridized carbons (Fsp3) is 1.00. The number of nitrogens with two attached hydrogens (primary N) is 1. The molecule has 2 rings (SSSR count). The predicted molar refractivity (Wildman–Crippen MR) is 72.9 cm³/mol. The van der Waals surface area contributed by atoms with Gasteiger partial charge >= 0.3 is 0 Å². The maximum atomic E-state index is 6.44. The zero-order valence-corrected chi connectivity index (χ0v) is 11.6. The van der Waals surface area contributed by atoms with Gasteiger partial charge in [0.1, 0.15) is 0 Å². The third-order valence-corrected chi connectivity index (χ3v) is 5.35. The average molecular weight is 242 g/mol. The van der Waals surface area contributed by atoms with Crippen molar-refractivity contribution < 1.29 is 0 Å². The molecule has 2 nitrogen and oxygen atoms in total. The average Bonchev–Trinajstić information content (AvgIpc) is 2.26. The molecule has 0 spiro atoms. The normalized spacial score (nSPS) is 36.2. The molecule has 0 aromatic rings. The van der Waals surface area contributed by atoms with Crippen molar-refractivity contribution in [1.82, 2.24) is 4.90 Å². The molecule has 94 valence electrons. The molecule has 2 fully saturated rings. The van der Waals surface area contributed by atoms with Crippen LogP contribution in [-0.2, 0) is 0 Å². The summed E-state index contributed by atoms with van der Waals surface area (Å²) in [5.41, 5.74) is 6.80. The van der Waals surface area contributed by atoms with Crippen molar-refractivity contribution in [2.24, 2.45) is 17.1 Å². The van der Waals surface area contributed by atoms with E-state index in [0.717, 1.165) is 5.92 Å². The summed E-state index contributed by atoms with van der Waals surface area (Å²) in [6, 6.07) is 0.399. The summed E-state index contributed by atoms with van der Waals surface area (Å²) < 4.78 is 0. The van der Waals surface area contributed by atoms with Gasteiger partial charge in [0.05, 0.1) is 0 Å². The fourth-order valence-electron chi connectivity index (χ4n) is 3.12. The number of thioether (sulfide) groups is 1. The molecule has 0 radical (unpaired) electrons. The second-order valence-electron chi connectivity index (χ2n) is 6.08. The highest BCUT2D eigenvalue weighted by atomic mass is 32.2. The molecule has 2 atom stereocenters. The van der Waals surface area contributed by atoms with Crippen LogP contribution in [0.25, 0.3) is 0 Å². The highest BCUT2D eigenvalue weighted by molar-refractivity contribution is 7.99. The Morgan fingerprint density at radius 3 is 2.69 bits per heavy atom. The minimum atomic E-state index is 0.355. The van der Waals surface area contributed by atoms with Crippen LogP contribution in [0.1, 0.15) is 33.1 Å². The molecule has 1 saturated carbocycles. The molecule has 0 aromatic heterocycles. The molecule has 1 aliphatic heterocycles. The van der Waals surface area contributed by atoms with E-state index in [0.29, 0.717) is 11.5 Å². The number of nitrogens with zero attached hydrogens (tertiary/aromatic N) is 1. The molecule has 0 amide bonds. The molecule has 1 saturated heterocycles. The van der Waals surface area contributed by atoms with Crippen molar-refractivity contribution in [3.63, 3.8) is 0 Å². The third-order valence-electron chi connectivity index (χ3n) is 4.40. The molecule has 2 N–H and O–H groups in total. The largest absolute Gasteiger partial charge is 0.327 e. The van der Waals surface area contributed by atoms with E-state index >= 15 is 0 Å². The molecule has 1 heterocycles. The van der Waals surface area contributed by atoms with Crippen LogP contribution < -0.4 is 5.73 Å². The summed E-state index contributed by atoms with van der Waals surface area (Å²) in [5.74, 6) is 3.35. The minimum Gasteiger partial charge on any atom is -0.327 e. The lowest BCUT2D eigenvalue weighted by Crippen LogP contribution is -2.51. The van der Waals surface area contributed by atoms with Gasteiger partial charge in [-0.2, -0.15) is 11.8 Å². The minimum absolute atomic E-state index is 0.355. The first-order valence-electron chi connectivity index (χ1n) is 6.65. The van der Waals surface area contributed by atoms with Gasteiger partial charge in [0, 0.05) is 37.2 Å². The lowest BCUT2D eigenvalue weighted by atomic mass is 9.68. The first kappa shape index (κ1) is 12.7. The van der Waals surface area contributed by atoms with Gasteiger partial charge in [-0.25, -0.2) is 0 Å². The summed E-state index contributed by atoms with van der Waals surface area (Å²) >= 11 is 2.09. The molecule has 2 aliphatic rings. The van der Waals surface area contributed by atoms with Gasteiger partial charge in [0.15, 0.2) is 0 Å². The van der Waals surface area contributed by atoms with Gasteiger partial charge in [-0.3, -0.25) is 0 Å². The van der Waals surface area contributed by atoms with Gasteiger partial charge in [-0.15, -0.1) is 0 Å². The smallest absolute Gasteiger partial charge is 0.0131 e. The van der Waals surface area contributed by atoms with Crippen LogP contribution in [0, 0.1) is 11.3 Å². The Bertz CT molecular complexity index is 224. The Labute approximate surface area is 104 Å². The zero-order valence-electron chi connectivity index (χ0n) is 10.7. The van der Waals surface area contributed by atoms with Crippen molar-refractivity contribution in [2.45, 2.75) is 39.2 Å².